The molecule has 98 valence electrons. The molecule has 1 aliphatic heterocycles. The molecule has 1 aliphatic rings. The summed E-state index contributed by atoms with van der Waals surface area (Å²) in [5.41, 5.74) is 2.79. The third-order valence-electron chi connectivity index (χ3n) is 3.66. The lowest BCUT2D eigenvalue weighted by atomic mass is 9.90. The van der Waals surface area contributed by atoms with Crippen molar-refractivity contribution in [2.45, 2.75) is 33.3 Å². The Bertz CT molecular complexity index is 442. The standard InChI is InChI=1S/C15H20O3/c1-9-7-12(8-10(2)15(9)17-4)14(16)13-5-6-18-11(13)3/h7-8,11,13H,5-6H2,1-4H3. The Morgan fingerprint density at radius 2 is 1.94 bits per heavy atom. The van der Waals surface area contributed by atoms with Gasteiger partial charge in [-0.05, 0) is 50.5 Å². The zero-order valence-corrected chi connectivity index (χ0v) is 11.4. The van der Waals surface area contributed by atoms with Crippen molar-refractivity contribution in [3.8, 4) is 5.75 Å². The Hall–Kier alpha value is -1.35. The van der Waals surface area contributed by atoms with Crippen molar-refractivity contribution < 1.29 is 14.3 Å². The molecule has 0 bridgehead atoms. The van der Waals surface area contributed by atoms with Crippen LogP contribution in [-0.4, -0.2) is 25.6 Å². The number of ether oxygens (including phenoxy) is 2. The molecule has 0 spiro atoms. The lowest BCUT2D eigenvalue weighted by Crippen LogP contribution is -2.22. The molecule has 0 radical (unpaired) electrons. The van der Waals surface area contributed by atoms with Crippen LogP contribution in [0.2, 0.25) is 0 Å². The molecule has 1 aromatic carbocycles. The SMILES string of the molecule is COc1c(C)cc(C(=O)C2CCOC2C)cc1C. The van der Waals surface area contributed by atoms with Gasteiger partial charge in [0.2, 0.25) is 0 Å². The predicted octanol–water partition coefficient (Wildman–Crippen LogP) is 2.92. The number of methoxy groups -OCH3 is 1. The normalized spacial score (nSPS) is 23.1. The Kier molecular flexibility index (Phi) is 3.71. The van der Waals surface area contributed by atoms with Crippen LogP contribution in [-0.2, 0) is 4.74 Å². The number of carbonyl (C=O) groups excluding carboxylic acids is 1. The van der Waals surface area contributed by atoms with Gasteiger partial charge in [-0.15, -0.1) is 0 Å². The van der Waals surface area contributed by atoms with E-state index < -0.39 is 0 Å². The average molecular weight is 248 g/mol. The van der Waals surface area contributed by atoms with Crippen LogP contribution in [0.15, 0.2) is 12.1 Å². The predicted molar refractivity (Wildman–Crippen MR) is 70.3 cm³/mol. The number of hydrogen-bond acceptors (Lipinski definition) is 3. The molecule has 1 saturated heterocycles. The van der Waals surface area contributed by atoms with Gasteiger partial charge in [-0.2, -0.15) is 0 Å². The fourth-order valence-corrected chi connectivity index (χ4v) is 2.70. The summed E-state index contributed by atoms with van der Waals surface area (Å²) in [6.07, 6.45) is 0.852. The molecule has 2 unspecified atom stereocenters. The summed E-state index contributed by atoms with van der Waals surface area (Å²) in [5, 5.41) is 0. The van der Waals surface area contributed by atoms with E-state index in [0.717, 1.165) is 28.9 Å². The van der Waals surface area contributed by atoms with Crippen molar-refractivity contribution >= 4 is 5.78 Å². The van der Waals surface area contributed by atoms with E-state index in [1.54, 1.807) is 7.11 Å². The molecule has 0 saturated carbocycles. The van der Waals surface area contributed by atoms with Crippen molar-refractivity contribution in [2.75, 3.05) is 13.7 Å². The number of carbonyl (C=O) groups is 1. The van der Waals surface area contributed by atoms with E-state index in [2.05, 4.69) is 0 Å². The summed E-state index contributed by atoms with van der Waals surface area (Å²) in [6.45, 7) is 6.60. The molecule has 0 amide bonds. The van der Waals surface area contributed by atoms with Crippen LogP contribution in [0.4, 0.5) is 0 Å². The van der Waals surface area contributed by atoms with Crippen LogP contribution in [0.1, 0.15) is 34.8 Å². The van der Waals surface area contributed by atoms with Crippen LogP contribution >= 0.6 is 0 Å². The van der Waals surface area contributed by atoms with Gasteiger partial charge in [0.15, 0.2) is 5.78 Å². The maximum Gasteiger partial charge on any atom is 0.168 e. The monoisotopic (exact) mass is 248 g/mol. The van der Waals surface area contributed by atoms with Gasteiger partial charge in [0.1, 0.15) is 5.75 Å². The zero-order chi connectivity index (χ0) is 13.3. The van der Waals surface area contributed by atoms with E-state index in [9.17, 15) is 4.79 Å². The third kappa shape index (κ3) is 2.27. The van der Waals surface area contributed by atoms with Crippen LogP contribution in [0.3, 0.4) is 0 Å². The Labute approximate surface area is 108 Å². The highest BCUT2D eigenvalue weighted by Gasteiger charge is 2.31. The molecule has 1 fully saturated rings. The second-order valence-electron chi connectivity index (χ2n) is 4.98. The highest BCUT2D eigenvalue weighted by Crippen LogP contribution is 2.29. The van der Waals surface area contributed by atoms with E-state index in [0.29, 0.717) is 6.61 Å². The Morgan fingerprint density at radius 3 is 2.39 bits per heavy atom. The summed E-state index contributed by atoms with van der Waals surface area (Å²) >= 11 is 0. The minimum Gasteiger partial charge on any atom is -0.496 e. The van der Waals surface area contributed by atoms with Gasteiger partial charge >= 0.3 is 0 Å². The second kappa shape index (κ2) is 5.11. The number of aryl methyl sites for hydroxylation is 2. The number of ketones is 1. The van der Waals surface area contributed by atoms with E-state index >= 15 is 0 Å². The first kappa shape index (κ1) is 13.1. The Morgan fingerprint density at radius 1 is 1.33 bits per heavy atom. The molecule has 0 aliphatic carbocycles. The quantitative estimate of drug-likeness (QED) is 0.771. The lowest BCUT2D eigenvalue weighted by Gasteiger charge is -2.15. The van der Waals surface area contributed by atoms with E-state index in [4.69, 9.17) is 9.47 Å². The molecule has 18 heavy (non-hydrogen) atoms. The number of rotatable bonds is 3. The minimum absolute atomic E-state index is 0.00260. The van der Waals surface area contributed by atoms with Gasteiger partial charge < -0.3 is 9.47 Å². The Balaban J connectivity index is 2.31. The fourth-order valence-electron chi connectivity index (χ4n) is 2.70. The molecule has 0 aromatic heterocycles. The van der Waals surface area contributed by atoms with Gasteiger partial charge in [0, 0.05) is 12.2 Å². The molecule has 2 atom stereocenters. The molecular weight excluding hydrogens is 228 g/mol. The summed E-state index contributed by atoms with van der Waals surface area (Å²) in [5.74, 6) is 1.05. The van der Waals surface area contributed by atoms with E-state index in [1.807, 2.05) is 32.9 Å². The molecule has 1 heterocycles. The zero-order valence-electron chi connectivity index (χ0n) is 11.4. The second-order valence-corrected chi connectivity index (χ2v) is 4.98. The van der Waals surface area contributed by atoms with Crippen LogP contribution in [0.25, 0.3) is 0 Å². The van der Waals surface area contributed by atoms with Gasteiger partial charge in [-0.25, -0.2) is 0 Å². The number of Topliss-reactive ketones (excluding diaryl/α,β-unsaturated/α-hetero) is 1. The van der Waals surface area contributed by atoms with Gasteiger partial charge in [-0.3, -0.25) is 4.79 Å². The van der Waals surface area contributed by atoms with Crippen LogP contribution in [0.5, 0.6) is 5.75 Å². The fraction of sp³-hybridized carbons (Fsp3) is 0.533. The summed E-state index contributed by atoms with van der Waals surface area (Å²) in [6, 6.07) is 3.83. The van der Waals surface area contributed by atoms with Crippen molar-refractivity contribution in [3.63, 3.8) is 0 Å². The maximum atomic E-state index is 12.4. The van der Waals surface area contributed by atoms with Crippen molar-refractivity contribution in [1.82, 2.24) is 0 Å². The number of hydrogen-bond donors (Lipinski definition) is 0. The van der Waals surface area contributed by atoms with E-state index in [1.165, 1.54) is 0 Å². The number of benzene rings is 1. The highest BCUT2D eigenvalue weighted by molar-refractivity contribution is 5.99. The molecule has 0 N–H and O–H groups in total. The van der Waals surface area contributed by atoms with Crippen molar-refractivity contribution in [1.29, 1.82) is 0 Å². The summed E-state index contributed by atoms with van der Waals surface area (Å²) in [4.78, 5) is 12.4. The lowest BCUT2D eigenvalue weighted by molar-refractivity contribution is 0.0764. The average Bonchev–Trinajstić information content (AvgIpc) is 2.74. The largest absolute Gasteiger partial charge is 0.496 e. The minimum atomic E-state index is -0.00260. The van der Waals surface area contributed by atoms with Crippen molar-refractivity contribution in [3.05, 3.63) is 28.8 Å². The molecule has 3 heteroatoms. The molecule has 3 nitrogen and oxygen atoms in total. The van der Waals surface area contributed by atoms with Crippen LogP contribution in [0, 0.1) is 19.8 Å². The van der Waals surface area contributed by atoms with Crippen molar-refractivity contribution in [2.24, 2.45) is 5.92 Å². The molecule has 2 rings (SSSR count). The van der Waals surface area contributed by atoms with Gasteiger partial charge in [0.25, 0.3) is 0 Å². The third-order valence-corrected chi connectivity index (χ3v) is 3.66. The topological polar surface area (TPSA) is 35.5 Å². The highest BCUT2D eigenvalue weighted by atomic mass is 16.5. The summed E-state index contributed by atoms with van der Waals surface area (Å²) in [7, 11) is 1.66. The van der Waals surface area contributed by atoms with Gasteiger partial charge in [0.05, 0.1) is 19.1 Å². The first-order valence-electron chi connectivity index (χ1n) is 6.35. The molecular formula is C15H20O3. The van der Waals surface area contributed by atoms with Crippen LogP contribution < -0.4 is 4.74 Å². The van der Waals surface area contributed by atoms with E-state index in [-0.39, 0.29) is 17.8 Å². The first-order chi connectivity index (χ1) is 8.54. The van der Waals surface area contributed by atoms with Gasteiger partial charge in [-0.1, -0.05) is 0 Å². The molecule has 1 aromatic rings. The maximum absolute atomic E-state index is 12.4. The first-order valence-corrected chi connectivity index (χ1v) is 6.35. The smallest absolute Gasteiger partial charge is 0.168 e. The summed E-state index contributed by atoms with van der Waals surface area (Å²) < 4.78 is 10.8.